The van der Waals surface area contributed by atoms with Crippen LogP contribution in [0.5, 0.6) is 5.75 Å². The molecule has 0 saturated heterocycles. The molecule has 0 bridgehead atoms. The van der Waals surface area contributed by atoms with Crippen molar-refractivity contribution in [2.45, 2.75) is 44.9 Å². The minimum Gasteiger partial charge on any atom is -0.484 e. The summed E-state index contributed by atoms with van der Waals surface area (Å²) in [7, 11) is 0. The first-order chi connectivity index (χ1) is 16.5. The van der Waals surface area contributed by atoms with E-state index in [-0.39, 0.29) is 12.5 Å². The second-order valence-electron chi connectivity index (χ2n) is 8.86. The molecule has 1 saturated carbocycles. The molecular formula is C27H27ClN4O2. The quantitative estimate of drug-likeness (QED) is 0.348. The van der Waals surface area contributed by atoms with E-state index in [9.17, 15) is 4.79 Å². The summed E-state index contributed by atoms with van der Waals surface area (Å²) in [6, 6.07) is 19.2. The summed E-state index contributed by atoms with van der Waals surface area (Å²) in [6.45, 7) is 1.87. The van der Waals surface area contributed by atoms with Crippen molar-refractivity contribution in [3.63, 3.8) is 0 Å². The molecule has 1 amide bonds. The summed E-state index contributed by atoms with van der Waals surface area (Å²) < 4.78 is 5.73. The maximum Gasteiger partial charge on any atom is 0.262 e. The molecule has 4 aromatic rings. The van der Waals surface area contributed by atoms with E-state index >= 15 is 0 Å². The SMILES string of the molecule is Cc1cc2nn(-c3ccc(Cl)cc3)nc2cc1NC(=O)COc1ccc(C2CCCCC2)cc1. The Labute approximate surface area is 203 Å². The van der Waals surface area contributed by atoms with Crippen LogP contribution in [-0.2, 0) is 4.79 Å². The number of nitrogens with zero attached hydrogens (tertiary/aromatic N) is 3. The van der Waals surface area contributed by atoms with E-state index in [0.717, 1.165) is 16.8 Å². The molecule has 1 N–H and O–H groups in total. The molecule has 0 unspecified atom stereocenters. The molecule has 3 aromatic carbocycles. The zero-order valence-corrected chi connectivity index (χ0v) is 19.9. The Balaban J connectivity index is 1.22. The number of amides is 1. The third kappa shape index (κ3) is 5.07. The highest BCUT2D eigenvalue weighted by Gasteiger charge is 2.16. The van der Waals surface area contributed by atoms with Gasteiger partial charge in [0.05, 0.1) is 5.69 Å². The second-order valence-corrected chi connectivity index (χ2v) is 9.30. The van der Waals surface area contributed by atoms with E-state index in [1.807, 2.05) is 43.3 Å². The molecule has 0 spiro atoms. The number of hydrogen-bond donors (Lipinski definition) is 1. The van der Waals surface area contributed by atoms with Gasteiger partial charge in [0, 0.05) is 10.7 Å². The van der Waals surface area contributed by atoms with Crippen molar-refractivity contribution in [3.05, 3.63) is 76.8 Å². The highest BCUT2D eigenvalue weighted by atomic mass is 35.5. The summed E-state index contributed by atoms with van der Waals surface area (Å²) in [5.74, 6) is 1.14. The van der Waals surface area contributed by atoms with E-state index in [1.54, 1.807) is 16.9 Å². The average molecular weight is 475 g/mol. The van der Waals surface area contributed by atoms with Crippen molar-refractivity contribution in [3.8, 4) is 11.4 Å². The van der Waals surface area contributed by atoms with E-state index in [4.69, 9.17) is 16.3 Å². The molecule has 0 radical (unpaired) electrons. The van der Waals surface area contributed by atoms with Crippen LogP contribution >= 0.6 is 11.6 Å². The molecule has 1 aliphatic rings. The van der Waals surface area contributed by atoms with Gasteiger partial charge in [0.2, 0.25) is 0 Å². The molecule has 0 atom stereocenters. The molecule has 6 nitrogen and oxygen atoms in total. The highest BCUT2D eigenvalue weighted by molar-refractivity contribution is 6.30. The maximum absolute atomic E-state index is 12.6. The molecule has 1 heterocycles. The van der Waals surface area contributed by atoms with Gasteiger partial charge in [-0.3, -0.25) is 4.79 Å². The predicted octanol–water partition coefficient (Wildman–Crippen LogP) is 6.45. The first-order valence-corrected chi connectivity index (χ1v) is 12.1. The van der Waals surface area contributed by atoms with Gasteiger partial charge in [0.25, 0.3) is 5.91 Å². The van der Waals surface area contributed by atoms with Crippen LogP contribution in [-0.4, -0.2) is 27.5 Å². The lowest BCUT2D eigenvalue weighted by Crippen LogP contribution is -2.20. The van der Waals surface area contributed by atoms with Crippen molar-refractivity contribution >= 4 is 34.2 Å². The van der Waals surface area contributed by atoms with Crippen LogP contribution in [0, 0.1) is 6.92 Å². The zero-order chi connectivity index (χ0) is 23.5. The number of rotatable bonds is 6. The summed E-state index contributed by atoms with van der Waals surface area (Å²) in [4.78, 5) is 14.1. The topological polar surface area (TPSA) is 69.0 Å². The molecule has 0 aliphatic heterocycles. The lowest BCUT2D eigenvalue weighted by atomic mass is 9.84. The number of carbonyl (C=O) groups is 1. The van der Waals surface area contributed by atoms with Crippen LogP contribution in [0.2, 0.25) is 5.02 Å². The number of fused-ring (bicyclic) bond motifs is 1. The molecule has 5 rings (SSSR count). The number of halogens is 1. The van der Waals surface area contributed by atoms with E-state index < -0.39 is 0 Å². The number of hydrogen-bond acceptors (Lipinski definition) is 4. The maximum atomic E-state index is 12.6. The monoisotopic (exact) mass is 474 g/mol. The Kier molecular flexibility index (Phi) is 6.50. The van der Waals surface area contributed by atoms with E-state index in [1.165, 1.54) is 37.7 Å². The van der Waals surface area contributed by atoms with Crippen LogP contribution in [0.25, 0.3) is 16.7 Å². The predicted molar refractivity (Wildman–Crippen MR) is 135 cm³/mol. The highest BCUT2D eigenvalue weighted by Crippen LogP contribution is 2.33. The third-order valence-electron chi connectivity index (χ3n) is 6.38. The standard InChI is InChI=1S/C27H27ClN4O2/c1-18-15-25-26(31-32(30-25)22-11-9-21(28)10-12-22)16-24(18)29-27(33)17-34-23-13-7-20(8-14-23)19-5-3-2-4-6-19/h7-16,19H,2-6,17H2,1H3,(H,29,33). The van der Waals surface area contributed by atoms with E-state index in [0.29, 0.717) is 27.9 Å². The minimum atomic E-state index is -0.219. The summed E-state index contributed by atoms with van der Waals surface area (Å²) in [5.41, 5.74) is 5.21. The number of aryl methyl sites for hydroxylation is 1. The summed E-state index contributed by atoms with van der Waals surface area (Å²) >= 11 is 5.97. The van der Waals surface area contributed by atoms with Crippen LogP contribution in [0.3, 0.4) is 0 Å². The Hall–Kier alpha value is -3.38. The van der Waals surface area contributed by atoms with Gasteiger partial charge in [-0.25, -0.2) is 0 Å². The second kappa shape index (κ2) is 9.85. The fraction of sp³-hybridized carbons (Fsp3) is 0.296. The Bertz CT molecular complexity index is 1290. The third-order valence-corrected chi connectivity index (χ3v) is 6.64. The Morgan fingerprint density at radius 3 is 2.38 bits per heavy atom. The Morgan fingerprint density at radius 1 is 1.00 bits per heavy atom. The first-order valence-electron chi connectivity index (χ1n) is 11.7. The number of nitrogens with one attached hydrogen (secondary N) is 1. The zero-order valence-electron chi connectivity index (χ0n) is 19.1. The van der Waals surface area contributed by atoms with Gasteiger partial charge in [0.1, 0.15) is 16.8 Å². The van der Waals surface area contributed by atoms with Crippen molar-refractivity contribution in [2.75, 3.05) is 11.9 Å². The van der Waals surface area contributed by atoms with Crippen LogP contribution in [0.4, 0.5) is 5.69 Å². The van der Waals surface area contributed by atoms with Gasteiger partial charge in [-0.15, -0.1) is 10.2 Å². The van der Waals surface area contributed by atoms with Gasteiger partial charge < -0.3 is 10.1 Å². The molecule has 7 heteroatoms. The fourth-order valence-electron chi connectivity index (χ4n) is 4.50. The first kappa shape index (κ1) is 22.4. The number of aromatic nitrogens is 3. The molecule has 34 heavy (non-hydrogen) atoms. The number of benzene rings is 3. The largest absolute Gasteiger partial charge is 0.484 e. The normalized spacial score (nSPS) is 14.3. The smallest absolute Gasteiger partial charge is 0.262 e. The van der Waals surface area contributed by atoms with Gasteiger partial charge in [-0.1, -0.05) is 43.0 Å². The van der Waals surface area contributed by atoms with Crippen molar-refractivity contribution < 1.29 is 9.53 Å². The van der Waals surface area contributed by atoms with Crippen LogP contribution in [0.1, 0.15) is 49.1 Å². The molecular weight excluding hydrogens is 448 g/mol. The van der Waals surface area contributed by atoms with Gasteiger partial charge in [0.15, 0.2) is 6.61 Å². The lowest BCUT2D eigenvalue weighted by molar-refractivity contribution is -0.118. The Morgan fingerprint density at radius 2 is 1.68 bits per heavy atom. The fourth-order valence-corrected chi connectivity index (χ4v) is 4.63. The molecule has 174 valence electrons. The van der Waals surface area contributed by atoms with Crippen LogP contribution < -0.4 is 10.1 Å². The van der Waals surface area contributed by atoms with E-state index in [2.05, 4.69) is 27.6 Å². The minimum absolute atomic E-state index is 0.0578. The van der Waals surface area contributed by atoms with Crippen LogP contribution in [0.15, 0.2) is 60.7 Å². The lowest BCUT2D eigenvalue weighted by Gasteiger charge is -2.22. The molecule has 1 aliphatic carbocycles. The summed E-state index contributed by atoms with van der Waals surface area (Å²) in [6.07, 6.45) is 6.50. The van der Waals surface area contributed by atoms with Gasteiger partial charge in [-0.05, 0) is 85.3 Å². The molecule has 1 aromatic heterocycles. The number of ether oxygens (including phenoxy) is 1. The van der Waals surface area contributed by atoms with Crippen molar-refractivity contribution in [1.82, 2.24) is 15.0 Å². The average Bonchev–Trinajstić information content (AvgIpc) is 3.27. The van der Waals surface area contributed by atoms with Gasteiger partial charge >= 0.3 is 0 Å². The number of anilines is 1. The molecule has 1 fully saturated rings. The van der Waals surface area contributed by atoms with Gasteiger partial charge in [-0.2, -0.15) is 4.80 Å². The van der Waals surface area contributed by atoms with Crippen molar-refractivity contribution in [2.24, 2.45) is 0 Å². The summed E-state index contributed by atoms with van der Waals surface area (Å²) in [5, 5.41) is 12.7. The number of carbonyl (C=O) groups excluding carboxylic acids is 1. The van der Waals surface area contributed by atoms with Crippen molar-refractivity contribution in [1.29, 1.82) is 0 Å².